The molecule has 2 heterocycles. The highest BCUT2D eigenvalue weighted by Crippen LogP contribution is 2.30. The van der Waals surface area contributed by atoms with Crippen LogP contribution in [-0.4, -0.2) is 53.1 Å². The summed E-state index contributed by atoms with van der Waals surface area (Å²) in [6.45, 7) is 2.30. The van der Waals surface area contributed by atoms with Crippen molar-refractivity contribution in [2.75, 3.05) is 18.1 Å². The molecule has 1 aliphatic heterocycles. The first-order chi connectivity index (χ1) is 12.9. The van der Waals surface area contributed by atoms with Gasteiger partial charge >= 0.3 is 0 Å². The van der Waals surface area contributed by atoms with Gasteiger partial charge in [-0.25, -0.2) is 17.5 Å². The molecular weight excluding hydrogens is 369 g/mol. The second-order valence-corrected chi connectivity index (χ2v) is 9.39. The minimum atomic E-state index is -3.07. The van der Waals surface area contributed by atoms with E-state index in [1.807, 2.05) is 6.92 Å². The van der Waals surface area contributed by atoms with Crippen LogP contribution in [0.4, 0.5) is 4.39 Å². The Bertz CT molecular complexity index is 982. The van der Waals surface area contributed by atoms with Crippen molar-refractivity contribution in [1.29, 1.82) is 0 Å². The Hall–Kier alpha value is -2.22. The van der Waals surface area contributed by atoms with Gasteiger partial charge in [-0.3, -0.25) is 4.79 Å². The average Bonchev–Trinajstić information content (AvgIpc) is 3.31. The van der Waals surface area contributed by atoms with E-state index in [-0.39, 0.29) is 29.3 Å². The summed E-state index contributed by atoms with van der Waals surface area (Å²) in [5.41, 5.74) is 3.04. The molecule has 1 fully saturated rings. The van der Waals surface area contributed by atoms with Gasteiger partial charge < -0.3 is 4.90 Å². The summed E-state index contributed by atoms with van der Waals surface area (Å²) < 4.78 is 38.7. The molecule has 1 atom stereocenters. The molecule has 1 aliphatic carbocycles. The Kier molecular flexibility index (Phi) is 4.53. The third kappa shape index (κ3) is 3.26. The lowest BCUT2D eigenvalue weighted by Gasteiger charge is -2.26. The topological polar surface area (TPSA) is 72.3 Å². The SMILES string of the molecule is CCN(C(=O)c1nn(-c2ccc(F)cc2)c2c1CCC2)C1CCS(=O)(=O)C1. The molecule has 1 aromatic heterocycles. The molecule has 2 aromatic rings. The van der Waals surface area contributed by atoms with Crippen molar-refractivity contribution in [2.24, 2.45) is 0 Å². The summed E-state index contributed by atoms with van der Waals surface area (Å²) >= 11 is 0. The fraction of sp³-hybridized carbons (Fsp3) is 0.474. The molecular formula is C19H22FN3O3S. The largest absolute Gasteiger partial charge is 0.333 e. The third-order valence-electron chi connectivity index (χ3n) is 5.45. The molecule has 0 saturated carbocycles. The highest BCUT2D eigenvalue weighted by Gasteiger charge is 2.37. The number of amides is 1. The maximum atomic E-state index is 13.3. The van der Waals surface area contributed by atoms with E-state index in [4.69, 9.17) is 0 Å². The molecule has 1 unspecified atom stereocenters. The number of halogens is 1. The molecule has 4 rings (SSSR count). The van der Waals surface area contributed by atoms with E-state index in [1.54, 1.807) is 21.7 Å². The molecule has 1 saturated heterocycles. The first kappa shape index (κ1) is 18.2. The second kappa shape index (κ2) is 6.74. The van der Waals surface area contributed by atoms with Gasteiger partial charge in [0, 0.05) is 23.8 Å². The van der Waals surface area contributed by atoms with Crippen molar-refractivity contribution in [3.05, 3.63) is 47.0 Å². The van der Waals surface area contributed by atoms with Crippen LogP contribution in [0, 0.1) is 5.82 Å². The van der Waals surface area contributed by atoms with Crippen LogP contribution in [0.3, 0.4) is 0 Å². The predicted octanol–water partition coefficient (Wildman–Crippen LogP) is 2.15. The van der Waals surface area contributed by atoms with Gasteiger partial charge in [-0.2, -0.15) is 5.10 Å². The van der Waals surface area contributed by atoms with Crippen LogP contribution < -0.4 is 0 Å². The van der Waals surface area contributed by atoms with Crippen LogP contribution >= 0.6 is 0 Å². The highest BCUT2D eigenvalue weighted by molar-refractivity contribution is 7.91. The Morgan fingerprint density at radius 1 is 1.30 bits per heavy atom. The van der Waals surface area contributed by atoms with Gasteiger partial charge in [0.15, 0.2) is 15.5 Å². The van der Waals surface area contributed by atoms with Crippen molar-refractivity contribution < 1.29 is 17.6 Å². The van der Waals surface area contributed by atoms with Gasteiger partial charge in [-0.05, 0) is 56.9 Å². The van der Waals surface area contributed by atoms with Gasteiger partial charge in [-0.15, -0.1) is 0 Å². The number of carbonyl (C=O) groups is 1. The third-order valence-corrected chi connectivity index (χ3v) is 7.21. The average molecular weight is 391 g/mol. The number of benzene rings is 1. The van der Waals surface area contributed by atoms with E-state index < -0.39 is 9.84 Å². The molecule has 27 heavy (non-hydrogen) atoms. The molecule has 0 radical (unpaired) electrons. The Labute approximate surface area is 157 Å². The molecule has 0 spiro atoms. The summed E-state index contributed by atoms with van der Waals surface area (Å²) in [6.07, 6.45) is 3.01. The van der Waals surface area contributed by atoms with E-state index in [1.165, 1.54) is 12.1 Å². The summed E-state index contributed by atoms with van der Waals surface area (Å²) in [4.78, 5) is 14.9. The molecule has 144 valence electrons. The molecule has 2 aliphatic rings. The van der Waals surface area contributed by atoms with Crippen molar-refractivity contribution in [3.63, 3.8) is 0 Å². The normalized spacial score (nSPS) is 20.6. The standard InChI is InChI=1S/C19H22FN3O3S/c1-2-22(15-10-11-27(25,26)12-15)19(24)18-16-4-3-5-17(16)23(21-18)14-8-6-13(20)7-9-14/h6-9,15H,2-5,10-12H2,1H3. The zero-order valence-electron chi connectivity index (χ0n) is 15.2. The molecule has 1 aromatic carbocycles. The maximum absolute atomic E-state index is 13.3. The van der Waals surface area contributed by atoms with Gasteiger partial charge in [0.25, 0.3) is 5.91 Å². The second-order valence-electron chi connectivity index (χ2n) is 7.16. The lowest BCUT2D eigenvalue weighted by atomic mass is 10.1. The Morgan fingerprint density at radius 2 is 2.04 bits per heavy atom. The minimum Gasteiger partial charge on any atom is -0.333 e. The maximum Gasteiger partial charge on any atom is 0.274 e. The molecule has 8 heteroatoms. The lowest BCUT2D eigenvalue weighted by molar-refractivity contribution is 0.0700. The number of carbonyl (C=O) groups excluding carboxylic acids is 1. The lowest BCUT2D eigenvalue weighted by Crippen LogP contribution is -2.41. The van der Waals surface area contributed by atoms with Gasteiger partial charge in [0.05, 0.1) is 17.2 Å². The van der Waals surface area contributed by atoms with Crippen LogP contribution in [-0.2, 0) is 22.7 Å². The van der Waals surface area contributed by atoms with E-state index in [2.05, 4.69) is 5.10 Å². The van der Waals surface area contributed by atoms with Crippen molar-refractivity contribution >= 4 is 15.7 Å². The van der Waals surface area contributed by atoms with E-state index in [0.29, 0.717) is 18.7 Å². The van der Waals surface area contributed by atoms with Crippen molar-refractivity contribution in [1.82, 2.24) is 14.7 Å². The van der Waals surface area contributed by atoms with Crippen LogP contribution in [0.25, 0.3) is 5.69 Å². The number of fused-ring (bicyclic) bond motifs is 1. The molecule has 6 nitrogen and oxygen atoms in total. The van der Waals surface area contributed by atoms with Crippen LogP contribution in [0.15, 0.2) is 24.3 Å². The fourth-order valence-electron chi connectivity index (χ4n) is 4.13. The predicted molar refractivity (Wildman–Crippen MR) is 99.3 cm³/mol. The van der Waals surface area contributed by atoms with Crippen LogP contribution in [0.5, 0.6) is 0 Å². The van der Waals surface area contributed by atoms with E-state index >= 15 is 0 Å². The molecule has 1 amide bonds. The van der Waals surface area contributed by atoms with Gasteiger partial charge in [0.1, 0.15) is 5.82 Å². The summed E-state index contributed by atoms with van der Waals surface area (Å²) in [7, 11) is -3.07. The first-order valence-corrected chi connectivity index (χ1v) is 11.1. The van der Waals surface area contributed by atoms with Crippen molar-refractivity contribution in [2.45, 2.75) is 38.6 Å². The number of nitrogens with zero attached hydrogens (tertiary/aromatic N) is 3. The van der Waals surface area contributed by atoms with Crippen molar-refractivity contribution in [3.8, 4) is 5.69 Å². The van der Waals surface area contributed by atoms with Crippen LogP contribution in [0.2, 0.25) is 0 Å². The zero-order valence-corrected chi connectivity index (χ0v) is 16.0. The number of rotatable bonds is 4. The monoisotopic (exact) mass is 391 g/mol. The zero-order chi connectivity index (χ0) is 19.2. The summed E-state index contributed by atoms with van der Waals surface area (Å²) in [5, 5.41) is 4.56. The minimum absolute atomic E-state index is 0.0213. The van der Waals surface area contributed by atoms with E-state index in [9.17, 15) is 17.6 Å². The van der Waals surface area contributed by atoms with Crippen LogP contribution in [0.1, 0.15) is 41.5 Å². The number of hydrogen-bond donors (Lipinski definition) is 0. The van der Waals surface area contributed by atoms with E-state index in [0.717, 1.165) is 36.2 Å². The Balaban J connectivity index is 1.70. The number of aromatic nitrogens is 2. The quantitative estimate of drug-likeness (QED) is 0.801. The van der Waals surface area contributed by atoms with Gasteiger partial charge in [-0.1, -0.05) is 0 Å². The molecule has 0 N–H and O–H groups in total. The smallest absolute Gasteiger partial charge is 0.274 e. The number of sulfone groups is 1. The molecule has 0 bridgehead atoms. The highest BCUT2D eigenvalue weighted by atomic mass is 32.2. The fourth-order valence-corrected chi connectivity index (χ4v) is 5.86. The van der Waals surface area contributed by atoms with Gasteiger partial charge in [0.2, 0.25) is 0 Å². The number of hydrogen-bond acceptors (Lipinski definition) is 4. The summed E-state index contributed by atoms with van der Waals surface area (Å²) in [5.74, 6) is -0.381. The summed E-state index contributed by atoms with van der Waals surface area (Å²) in [6, 6.07) is 5.76. The first-order valence-electron chi connectivity index (χ1n) is 9.27. The Morgan fingerprint density at radius 3 is 2.67 bits per heavy atom.